The van der Waals surface area contributed by atoms with Crippen molar-refractivity contribution in [2.24, 2.45) is 0 Å². The largest absolute Gasteiger partial charge is 0.459 e. The molecule has 0 spiro atoms. The molecular weight excluding hydrogens is 225 g/mol. The van der Waals surface area contributed by atoms with Crippen molar-refractivity contribution in [2.45, 2.75) is 12.5 Å². The first kappa shape index (κ1) is 11.5. The van der Waals surface area contributed by atoms with Crippen LogP contribution in [-0.2, 0) is 0 Å². The summed E-state index contributed by atoms with van der Waals surface area (Å²) >= 11 is 5.68. The van der Waals surface area contributed by atoms with Crippen LogP contribution in [0.5, 0.6) is 6.01 Å². The molecule has 0 aliphatic carbocycles. The van der Waals surface area contributed by atoms with Crippen LogP contribution < -0.4 is 10.1 Å². The summed E-state index contributed by atoms with van der Waals surface area (Å²) in [7, 11) is 0. The molecule has 4 nitrogen and oxygen atoms in total. The van der Waals surface area contributed by atoms with Gasteiger partial charge in [0, 0.05) is 12.7 Å². The summed E-state index contributed by atoms with van der Waals surface area (Å²) in [4.78, 5) is 7.90. The van der Waals surface area contributed by atoms with Gasteiger partial charge in [0.25, 0.3) is 0 Å². The molecule has 14 heavy (non-hydrogen) atoms. The van der Waals surface area contributed by atoms with E-state index < -0.39 is 0 Å². The molecule has 2 rings (SSSR count). The SMILES string of the molecule is Cl.Clc1ccnc(OC2CCNC2)n1. The van der Waals surface area contributed by atoms with Crippen molar-refractivity contribution in [3.05, 3.63) is 17.4 Å². The van der Waals surface area contributed by atoms with Crippen LogP contribution in [0.1, 0.15) is 6.42 Å². The van der Waals surface area contributed by atoms with Gasteiger partial charge in [-0.25, -0.2) is 4.98 Å². The molecule has 0 radical (unpaired) electrons. The molecule has 1 aromatic heterocycles. The third-order valence-electron chi connectivity index (χ3n) is 1.89. The van der Waals surface area contributed by atoms with Gasteiger partial charge >= 0.3 is 6.01 Å². The van der Waals surface area contributed by atoms with Crippen LogP contribution in [0, 0.1) is 0 Å². The van der Waals surface area contributed by atoms with Crippen molar-refractivity contribution in [1.82, 2.24) is 15.3 Å². The van der Waals surface area contributed by atoms with Crippen molar-refractivity contribution < 1.29 is 4.74 Å². The van der Waals surface area contributed by atoms with Crippen LogP contribution >= 0.6 is 24.0 Å². The molecule has 0 bridgehead atoms. The monoisotopic (exact) mass is 235 g/mol. The number of hydrogen-bond acceptors (Lipinski definition) is 4. The Morgan fingerprint density at radius 1 is 1.57 bits per heavy atom. The fourth-order valence-electron chi connectivity index (χ4n) is 1.25. The Bertz CT molecular complexity index is 292. The number of rotatable bonds is 2. The lowest BCUT2D eigenvalue weighted by Gasteiger charge is -2.09. The summed E-state index contributed by atoms with van der Waals surface area (Å²) in [6, 6.07) is 1.99. The second kappa shape index (κ2) is 5.34. The second-order valence-corrected chi connectivity index (χ2v) is 3.28. The van der Waals surface area contributed by atoms with Gasteiger partial charge in [0.15, 0.2) is 0 Å². The van der Waals surface area contributed by atoms with Crippen molar-refractivity contribution in [3.63, 3.8) is 0 Å². The van der Waals surface area contributed by atoms with Gasteiger partial charge in [0.1, 0.15) is 11.3 Å². The van der Waals surface area contributed by atoms with Crippen LogP contribution in [0.15, 0.2) is 12.3 Å². The smallest absolute Gasteiger partial charge is 0.318 e. The van der Waals surface area contributed by atoms with Crippen molar-refractivity contribution in [3.8, 4) is 6.01 Å². The zero-order chi connectivity index (χ0) is 9.10. The average Bonchev–Trinajstić information content (AvgIpc) is 2.57. The van der Waals surface area contributed by atoms with Crippen LogP contribution in [-0.4, -0.2) is 29.2 Å². The summed E-state index contributed by atoms with van der Waals surface area (Å²) in [5.41, 5.74) is 0. The third kappa shape index (κ3) is 2.97. The molecule has 1 aliphatic heterocycles. The average molecular weight is 236 g/mol. The summed E-state index contributed by atoms with van der Waals surface area (Å²) in [5, 5.41) is 3.61. The minimum atomic E-state index is 0. The minimum Gasteiger partial charge on any atom is -0.459 e. The fraction of sp³-hybridized carbons (Fsp3) is 0.500. The maximum absolute atomic E-state index is 5.68. The molecular formula is C8H11Cl2N3O. The third-order valence-corrected chi connectivity index (χ3v) is 2.10. The Kier molecular flexibility index (Phi) is 4.38. The lowest BCUT2D eigenvalue weighted by Crippen LogP contribution is -2.20. The molecule has 1 aromatic rings. The minimum absolute atomic E-state index is 0. The van der Waals surface area contributed by atoms with Gasteiger partial charge in [0.05, 0.1) is 0 Å². The fourth-order valence-corrected chi connectivity index (χ4v) is 1.38. The first-order valence-electron chi connectivity index (χ1n) is 4.20. The van der Waals surface area contributed by atoms with Gasteiger partial charge in [-0.2, -0.15) is 4.98 Å². The molecule has 1 aliphatic rings. The van der Waals surface area contributed by atoms with Gasteiger partial charge in [0.2, 0.25) is 0 Å². The normalized spacial score (nSPS) is 20.2. The van der Waals surface area contributed by atoms with Gasteiger partial charge < -0.3 is 10.1 Å². The quantitative estimate of drug-likeness (QED) is 0.786. The van der Waals surface area contributed by atoms with Gasteiger partial charge in [-0.1, -0.05) is 11.6 Å². The summed E-state index contributed by atoms with van der Waals surface area (Å²) < 4.78 is 5.49. The van der Waals surface area contributed by atoms with Crippen molar-refractivity contribution >= 4 is 24.0 Å². The van der Waals surface area contributed by atoms with E-state index in [1.54, 1.807) is 12.3 Å². The number of nitrogens with zero attached hydrogens (tertiary/aromatic N) is 2. The molecule has 2 heterocycles. The van der Waals surface area contributed by atoms with Crippen molar-refractivity contribution in [2.75, 3.05) is 13.1 Å². The van der Waals surface area contributed by atoms with Crippen LogP contribution in [0.2, 0.25) is 5.15 Å². The van der Waals surface area contributed by atoms with E-state index in [9.17, 15) is 0 Å². The number of halogens is 2. The van der Waals surface area contributed by atoms with E-state index in [0.29, 0.717) is 11.2 Å². The van der Waals surface area contributed by atoms with Crippen LogP contribution in [0.25, 0.3) is 0 Å². The van der Waals surface area contributed by atoms with E-state index >= 15 is 0 Å². The lowest BCUT2D eigenvalue weighted by atomic mass is 10.3. The summed E-state index contributed by atoms with van der Waals surface area (Å²) in [6.45, 7) is 1.85. The van der Waals surface area contributed by atoms with E-state index in [0.717, 1.165) is 19.5 Å². The highest BCUT2D eigenvalue weighted by Gasteiger charge is 2.16. The van der Waals surface area contributed by atoms with Gasteiger partial charge in [-0.3, -0.25) is 0 Å². The molecule has 0 saturated carbocycles. The molecule has 1 N–H and O–H groups in total. The maximum atomic E-state index is 5.68. The topological polar surface area (TPSA) is 47.0 Å². The van der Waals surface area contributed by atoms with E-state index in [1.807, 2.05) is 0 Å². The van der Waals surface area contributed by atoms with Gasteiger partial charge in [-0.15, -0.1) is 12.4 Å². The highest BCUT2D eigenvalue weighted by Crippen LogP contribution is 2.11. The zero-order valence-corrected chi connectivity index (χ0v) is 9.01. The summed E-state index contributed by atoms with van der Waals surface area (Å²) in [6.07, 6.45) is 2.77. The maximum Gasteiger partial charge on any atom is 0.318 e. The summed E-state index contributed by atoms with van der Waals surface area (Å²) in [5.74, 6) is 0. The van der Waals surface area contributed by atoms with E-state index in [4.69, 9.17) is 16.3 Å². The lowest BCUT2D eigenvalue weighted by molar-refractivity contribution is 0.204. The number of ether oxygens (including phenoxy) is 1. The molecule has 0 aromatic carbocycles. The molecule has 1 saturated heterocycles. The number of nitrogens with one attached hydrogen (secondary N) is 1. The Hall–Kier alpha value is -0.580. The first-order valence-corrected chi connectivity index (χ1v) is 4.58. The Labute approximate surface area is 93.4 Å². The van der Waals surface area contributed by atoms with Crippen LogP contribution in [0.4, 0.5) is 0 Å². The molecule has 1 fully saturated rings. The first-order chi connectivity index (χ1) is 6.34. The highest BCUT2D eigenvalue weighted by atomic mass is 35.5. The predicted octanol–water partition coefficient (Wildman–Crippen LogP) is 1.29. The predicted molar refractivity (Wildman–Crippen MR) is 56.2 cm³/mol. The van der Waals surface area contributed by atoms with Crippen LogP contribution in [0.3, 0.4) is 0 Å². The van der Waals surface area contributed by atoms with Gasteiger partial charge in [-0.05, 0) is 19.0 Å². The Balaban J connectivity index is 0.000000980. The Morgan fingerprint density at radius 3 is 3.07 bits per heavy atom. The molecule has 6 heteroatoms. The number of aromatic nitrogens is 2. The van der Waals surface area contributed by atoms with E-state index in [2.05, 4.69) is 15.3 Å². The standard InChI is InChI=1S/C8H10ClN3O.ClH/c9-7-2-4-11-8(12-7)13-6-1-3-10-5-6;/h2,4,6,10H,1,3,5H2;1H. The van der Waals surface area contributed by atoms with E-state index in [-0.39, 0.29) is 18.5 Å². The molecule has 1 atom stereocenters. The zero-order valence-electron chi connectivity index (χ0n) is 7.44. The Morgan fingerprint density at radius 2 is 2.43 bits per heavy atom. The second-order valence-electron chi connectivity index (χ2n) is 2.89. The molecule has 0 amide bonds. The molecule has 78 valence electrons. The number of hydrogen-bond donors (Lipinski definition) is 1. The highest BCUT2D eigenvalue weighted by molar-refractivity contribution is 6.29. The van der Waals surface area contributed by atoms with Crippen molar-refractivity contribution in [1.29, 1.82) is 0 Å². The molecule has 1 unspecified atom stereocenters. The van der Waals surface area contributed by atoms with E-state index in [1.165, 1.54) is 0 Å².